The number of benzene rings is 1. The predicted octanol–water partition coefficient (Wildman–Crippen LogP) is 1.87. The van der Waals surface area contributed by atoms with E-state index < -0.39 is 0 Å². The summed E-state index contributed by atoms with van der Waals surface area (Å²) in [5.41, 5.74) is 6.28. The van der Waals surface area contributed by atoms with Crippen molar-refractivity contribution in [3.05, 3.63) is 29.8 Å². The molecular formula is C15H22N2O3S. The molecule has 0 aromatic heterocycles. The van der Waals surface area contributed by atoms with E-state index in [0.717, 1.165) is 10.5 Å². The van der Waals surface area contributed by atoms with Crippen LogP contribution in [0.5, 0.6) is 0 Å². The van der Waals surface area contributed by atoms with E-state index >= 15 is 0 Å². The monoisotopic (exact) mass is 310 g/mol. The lowest BCUT2D eigenvalue weighted by Gasteiger charge is -2.18. The van der Waals surface area contributed by atoms with Crippen molar-refractivity contribution >= 4 is 23.6 Å². The number of nitrogens with two attached hydrogens (primary N) is 1. The van der Waals surface area contributed by atoms with Crippen LogP contribution in [0, 0.1) is 0 Å². The van der Waals surface area contributed by atoms with Crippen LogP contribution < -0.4 is 11.1 Å². The molecule has 1 aromatic rings. The molecule has 6 heteroatoms. The number of hydrogen-bond acceptors (Lipinski definition) is 5. The topological polar surface area (TPSA) is 81.4 Å². The lowest BCUT2D eigenvalue weighted by atomic mass is 10.0. The standard InChI is InChI=1S/C15H22N2O3S/c1-20-15(19)10-13(17-14(18)4-3-9-16)11-5-7-12(21-2)8-6-11/h5-8,13H,3-4,9-10,16H2,1-2H3,(H,17,18). The van der Waals surface area contributed by atoms with Crippen LogP contribution in [-0.2, 0) is 14.3 Å². The molecule has 0 saturated heterocycles. The van der Waals surface area contributed by atoms with Gasteiger partial charge in [-0.3, -0.25) is 9.59 Å². The van der Waals surface area contributed by atoms with Gasteiger partial charge in [0, 0.05) is 11.3 Å². The minimum Gasteiger partial charge on any atom is -0.469 e. The normalized spacial score (nSPS) is 11.8. The van der Waals surface area contributed by atoms with Crippen LogP contribution in [-0.4, -0.2) is 31.8 Å². The zero-order valence-corrected chi connectivity index (χ0v) is 13.2. The Balaban J connectivity index is 2.79. The SMILES string of the molecule is COC(=O)CC(NC(=O)CCCN)c1ccc(SC)cc1. The van der Waals surface area contributed by atoms with Crippen molar-refractivity contribution in [2.45, 2.75) is 30.2 Å². The third kappa shape index (κ3) is 6.18. The van der Waals surface area contributed by atoms with E-state index in [4.69, 9.17) is 10.5 Å². The molecule has 1 amide bonds. The average Bonchev–Trinajstić information content (AvgIpc) is 2.52. The number of carbonyl (C=O) groups is 2. The molecule has 0 bridgehead atoms. The Bertz CT molecular complexity index is 462. The van der Waals surface area contributed by atoms with Crippen molar-refractivity contribution < 1.29 is 14.3 Å². The number of nitrogens with one attached hydrogen (secondary N) is 1. The van der Waals surface area contributed by atoms with Gasteiger partial charge in [0.1, 0.15) is 0 Å². The zero-order chi connectivity index (χ0) is 15.7. The van der Waals surface area contributed by atoms with Crippen LogP contribution in [0.3, 0.4) is 0 Å². The van der Waals surface area contributed by atoms with Gasteiger partial charge in [0.05, 0.1) is 19.6 Å². The summed E-state index contributed by atoms with van der Waals surface area (Å²) < 4.78 is 4.70. The molecule has 3 N–H and O–H groups in total. The van der Waals surface area contributed by atoms with Crippen molar-refractivity contribution in [3.63, 3.8) is 0 Å². The Labute approximate surface area is 129 Å². The second kappa shape index (κ2) is 9.41. The van der Waals surface area contributed by atoms with Crippen LogP contribution in [0.1, 0.15) is 30.9 Å². The molecule has 5 nitrogen and oxygen atoms in total. The zero-order valence-electron chi connectivity index (χ0n) is 12.4. The first-order chi connectivity index (χ1) is 10.1. The van der Waals surface area contributed by atoms with Gasteiger partial charge in [0.15, 0.2) is 0 Å². The van der Waals surface area contributed by atoms with Crippen molar-refractivity contribution in [1.29, 1.82) is 0 Å². The molecule has 0 saturated carbocycles. The first-order valence-corrected chi connectivity index (χ1v) is 8.03. The third-order valence-corrected chi connectivity index (χ3v) is 3.80. The largest absolute Gasteiger partial charge is 0.469 e. The molecule has 0 fully saturated rings. The Hall–Kier alpha value is -1.53. The molecule has 0 aliphatic carbocycles. The lowest BCUT2D eigenvalue weighted by molar-refractivity contribution is -0.141. The molecule has 1 rings (SSSR count). The van der Waals surface area contributed by atoms with Gasteiger partial charge in [-0.2, -0.15) is 0 Å². The van der Waals surface area contributed by atoms with E-state index in [0.29, 0.717) is 19.4 Å². The van der Waals surface area contributed by atoms with Crippen molar-refractivity contribution in [3.8, 4) is 0 Å². The van der Waals surface area contributed by atoms with Gasteiger partial charge in [-0.15, -0.1) is 11.8 Å². The number of ether oxygens (including phenoxy) is 1. The van der Waals surface area contributed by atoms with Crippen LogP contribution in [0.25, 0.3) is 0 Å². The molecule has 1 aromatic carbocycles. The van der Waals surface area contributed by atoms with E-state index in [1.165, 1.54) is 7.11 Å². The minimum absolute atomic E-state index is 0.108. The second-order valence-corrected chi connectivity index (χ2v) is 5.45. The van der Waals surface area contributed by atoms with E-state index in [2.05, 4.69) is 5.32 Å². The number of amides is 1. The fraction of sp³-hybridized carbons (Fsp3) is 0.467. The Morgan fingerprint density at radius 3 is 2.52 bits per heavy atom. The highest BCUT2D eigenvalue weighted by atomic mass is 32.2. The van der Waals surface area contributed by atoms with Crippen LogP contribution in [0.2, 0.25) is 0 Å². The summed E-state index contributed by atoms with van der Waals surface area (Å²) in [6, 6.07) is 7.40. The maximum absolute atomic E-state index is 11.9. The number of thioether (sulfide) groups is 1. The van der Waals surface area contributed by atoms with Crippen molar-refractivity contribution in [2.75, 3.05) is 19.9 Å². The Kier molecular flexibility index (Phi) is 7.85. The maximum Gasteiger partial charge on any atom is 0.307 e. The average molecular weight is 310 g/mol. The Morgan fingerprint density at radius 1 is 1.33 bits per heavy atom. The molecule has 116 valence electrons. The van der Waals surface area contributed by atoms with E-state index in [1.807, 2.05) is 30.5 Å². The quantitative estimate of drug-likeness (QED) is 0.566. The van der Waals surface area contributed by atoms with Gasteiger partial charge in [-0.25, -0.2) is 0 Å². The number of methoxy groups -OCH3 is 1. The number of rotatable bonds is 8. The van der Waals surface area contributed by atoms with Gasteiger partial charge in [0.25, 0.3) is 0 Å². The van der Waals surface area contributed by atoms with Gasteiger partial charge in [0.2, 0.25) is 5.91 Å². The number of hydrogen-bond donors (Lipinski definition) is 2. The van der Waals surface area contributed by atoms with Crippen LogP contribution in [0.4, 0.5) is 0 Å². The minimum atomic E-state index is -0.376. The number of carbonyl (C=O) groups excluding carboxylic acids is 2. The highest BCUT2D eigenvalue weighted by molar-refractivity contribution is 7.98. The van der Waals surface area contributed by atoms with Gasteiger partial charge < -0.3 is 15.8 Å². The van der Waals surface area contributed by atoms with Crippen molar-refractivity contribution in [1.82, 2.24) is 5.32 Å². The smallest absolute Gasteiger partial charge is 0.307 e. The summed E-state index contributed by atoms with van der Waals surface area (Å²) in [5, 5.41) is 2.87. The lowest BCUT2D eigenvalue weighted by Crippen LogP contribution is -2.30. The van der Waals surface area contributed by atoms with E-state index in [1.54, 1.807) is 11.8 Å². The fourth-order valence-electron chi connectivity index (χ4n) is 1.87. The van der Waals surface area contributed by atoms with Crippen LogP contribution in [0.15, 0.2) is 29.2 Å². The summed E-state index contributed by atoms with van der Waals surface area (Å²) in [7, 11) is 1.34. The molecule has 21 heavy (non-hydrogen) atoms. The van der Waals surface area contributed by atoms with E-state index in [9.17, 15) is 9.59 Å². The van der Waals surface area contributed by atoms with Gasteiger partial charge in [-0.1, -0.05) is 12.1 Å². The molecule has 0 aliphatic rings. The predicted molar refractivity (Wildman–Crippen MR) is 84.0 cm³/mol. The number of esters is 1. The molecule has 1 atom stereocenters. The Morgan fingerprint density at radius 2 is 2.00 bits per heavy atom. The summed E-state index contributed by atoms with van der Waals surface area (Å²) in [6.45, 7) is 0.470. The van der Waals surface area contributed by atoms with Gasteiger partial charge in [-0.05, 0) is 36.9 Å². The third-order valence-electron chi connectivity index (χ3n) is 3.06. The molecule has 0 heterocycles. The molecule has 0 radical (unpaired) electrons. The highest BCUT2D eigenvalue weighted by Gasteiger charge is 2.18. The van der Waals surface area contributed by atoms with E-state index in [-0.39, 0.29) is 24.3 Å². The summed E-state index contributed by atoms with van der Waals surface area (Å²) >= 11 is 1.64. The molecule has 0 spiro atoms. The fourth-order valence-corrected chi connectivity index (χ4v) is 2.28. The summed E-state index contributed by atoms with van der Waals surface area (Å²) in [5.74, 6) is -0.462. The summed E-state index contributed by atoms with van der Waals surface area (Å²) in [6.07, 6.45) is 3.10. The molecule has 0 aliphatic heterocycles. The molecular weight excluding hydrogens is 288 g/mol. The van der Waals surface area contributed by atoms with Gasteiger partial charge >= 0.3 is 5.97 Å². The highest BCUT2D eigenvalue weighted by Crippen LogP contribution is 2.21. The first kappa shape index (κ1) is 17.5. The maximum atomic E-state index is 11.9. The first-order valence-electron chi connectivity index (χ1n) is 6.81. The summed E-state index contributed by atoms with van der Waals surface area (Å²) in [4.78, 5) is 24.5. The molecule has 1 unspecified atom stereocenters. The second-order valence-electron chi connectivity index (χ2n) is 4.57. The van der Waals surface area contributed by atoms with Crippen LogP contribution >= 0.6 is 11.8 Å². The van der Waals surface area contributed by atoms with Crippen molar-refractivity contribution in [2.24, 2.45) is 5.73 Å².